The number of nitrogens with one attached hydrogen (secondary N) is 1. The van der Waals surface area contributed by atoms with Crippen molar-refractivity contribution in [3.05, 3.63) is 24.3 Å². The Morgan fingerprint density at radius 3 is 1.48 bits per heavy atom. The summed E-state index contributed by atoms with van der Waals surface area (Å²) in [5.41, 5.74) is 0. The maximum atomic E-state index is 13.0. The van der Waals surface area contributed by atoms with E-state index in [1.807, 2.05) is 6.08 Å². The Morgan fingerprint density at radius 1 is 0.537 bits per heavy atom. The van der Waals surface area contributed by atoms with Crippen molar-refractivity contribution in [2.75, 3.05) is 19.8 Å². The maximum absolute atomic E-state index is 13.0. The molecule has 0 aliphatic carbocycles. The van der Waals surface area contributed by atoms with Gasteiger partial charge in [0.2, 0.25) is 5.91 Å². The van der Waals surface area contributed by atoms with Crippen molar-refractivity contribution in [1.29, 1.82) is 0 Å². The number of hydrogen-bond acceptors (Lipinski definition) is 10. The van der Waals surface area contributed by atoms with Gasteiger partial charge in [0.1, 0.15) is 24.4 Å². The van der Waals surface area contributed by atoms with Crippen molar-refractivity contribution in [3.8, 4) is 0 Å². The van der Waals surface area contributed by atoms with Crippen LogP contribution in [-0.4, -0.2) is 100 Å². The Hall–Kier alpha value is -1.86. The quantitative estimate of drug-likeness (QED) is 0.0196. The highest BCUT2D eigenvalue weighted by Gasteiger charge is 2.44. The van der Waals surface area contributed by atoms with E-state index in [9.17, 15) is 35.1 Å². The molecule has 6 N–H and O–H groups in total. The van der Waals surface area contributed by atoms with Crippen molar-refractivity contribution < 1.29 is 49.3 Å². The number of allylic oxidation sites excluding steroid dienone is 3. The van der Waals surface area contributed by atoms with E-state index in [1.54, 1.807) is 6.08 Å². The molecule has 7 unspecified atom stereocenters. The van der Waals surface area contributed by atoms with Crippen LogP contribution >= 0.6 is 0 Å². The Bertz CT molecular complexity index is 1170. The zero-order valence-electron chi connectivity index (χ0n) is 43.1. The summed E-state index contributed by atoms with van der Waals surface area (Å²) in [7, 11) is 0. The van der Waals surface area contributed by atoms with Gasteiger partial charge in [-0.3, -0.25) is 9.59 Å². The molecule has 0 spiro atoms. The molecular formula is C56H105NO10. The van der Waals surface area contributed by atoms with Gasteiger partial charge in [-0.2, -0.15) is 0 Å². The molecule has 0 saturated carbocycles. The summed E-state index contributed by atoms with van der Waals surface area (Å²) in [5.74, 6) is -0.232. The number of carbonyl (C=O) groups excluding carboxylic acids is 2. The number of amides is 1. The van der Waals surface area contributed by atoms with E-state index in [4.69, 9.17) is 14.2 Å². The molecule has 1 aliphatic rings. The highest BCUT2D eigenvalue weighted by Crippen LogP contribution is 2.23. The molecule has 1 aliphatic heterocycles. The molecule has 1 saturated heterocycles. The van der Waals surface area contributed by atoms with Gasteiger partial charge >= 0.3 is 5.97 Å². The lowest BCUT2D eigenvalue weighted by atomic mass is 9.99. The molecule has 0 aromatic heterocycles. The number of esters is 1. The van der Waals surface area contributed by atoms with E-state index in [-0.39, 0.29) is 18.5 Å². The van der Waals surface area contributed by atoms with Gasteiger partial charge in [0, 0.05) is 12.8 Å². The van der Waals surface area contributed by atoms with E-state index in [0.717, 1.165) is 70.6 Å². The van der Waals surface area contributed by atoms with Gasteiger partial charge in [0.25, 0.3) is 0 Å². The summed E-state index contributed by atoms with van der Waals surface area (Å²) in [6.07, 6.45) is 43.9. The third-order valence-electron chi connectivity index (χ3n) is 13.3. The lowest BCUT2D eigenvalue weighted by Gasteiger charge is -2.40. The van der Waals surface area contributed by atoms with E-state index in [2.05, 4.69) is 31.3 Å². The van der Waals surface area contributed by atoms with Crippen LogP contribution in [0.25, 0.3) is 0 Å². The van der Waals surface area contributed by atoms with Crippen LogP contribution in [0.2, 0.25) is 0 Å². The van der Waals surface area contributed by atoms with Crippen molar-refractivity contribution >= 4 is 11.9 Å². The number of carbonyl (C=O) groups is 2. The van der Waals surface area contributed by atoms with Crippen LogP contribution in [0.4, 0.5) is 0 Å². The number of rotatable bonds is 48. The molecule has 0 bridgehead atoms. The fraction of sp³-hybridized carbons (Fsp3) is 0.893. The topological polar surface area (TPSA) is 175 Å². The van der Waals surface area contributed by atoms with Gasteiger partial charge in [-0.05, 0) is 44.9 Å². The van der Waals surface area contributed by atoms with Crippen molar-refractivity contribution in [2.45, 2.75) is 301 Å². The first-order valence-corrected chi connectivity index (χ1v) is 28.1. The first kappa shape index (κ1) is 63.2. The van der Waals surface area contributed by atoms with Gasteiger partial charge in [-0.1, -0.05) is 224 Å². The average Bonchev–Trinajstić information content (AvgIpc) is 3.32. The lowest BCUT2D eigenvalue weighted by Crippen LogP contribution is -2.60. The second-order valence-electron chi connectivity index (χ2n) is 19.6. The standard InChI is InChI=1S/C56H105NO10/c1-3-5-7-9-11-13-15-16-17-19-23-26-30-34-38-42-49(59)48(47-66-56-55(64)54(63)53(62)50(46-58)67-56)57-51(60)43-39-35-31-27-24-20-18-21-25-29-33-37-41-45-65-52(61)44-40-36-32-28-22-14-12-10-8-6-4-2/h23,26,38,42,48-50,53-56,58-59,62-64H,3-22,24-25,27-37,39-41,43-47H2,1-2H3,(H,57,60)/b26-23+,42-38+. The highest BCUT2D eigenvalue weighted by atomic mass is 16.7. The molecule has 11 nitrogen and oxygen atoms in total. The zero-order chi connectivity index (χ0) is 48.8. The van der Waals surface area contributed by atoms with Crippen molar-refractivity contribution in [2.24, 2.45) is 0 Å². The van der Waals surface area contributed by atoms with Gasteiger partial charge < -0.3 is 45.1 Å². The Balaban J connectivity index is 2.20. The minimum Gasteiger partial charge on any atom is -0.466 e. The van der Waals surface area contributed by atoms with Crippen LogP contribution in [0.5, 0.6) is 0 Å². The molecule has 0 aromatic rings. The number of unbranched alkanes of at least 4 members (excludes halogenated alkanes) is 32. The largest absolute Gasteiger partial charge is 0.466 e. The second kappa shape index (κ2) is 46.5. The maximum Gasteiger partial charge on any atom is 0.305 e. The first-order valence-electron chi connectivity index (χ1n) is 28.1. The number of aliphatic hydroxyl groups is 5. The van der Waals surface area contributed by atoms with Crippen molar-refractivity contribution in [3.63, 3.8) is 0 Å². The molecule has 1 heterocycles. The van der Waals surface area contributed by atoms with E-state index < -0.39 is 49.5 Å². The zero-order valence-corrected chi connectivity index (χ0v) is 43.1. The van der Waals surface area contributed by atoms with Gasteiger partial charge in [-0.15, -0.1) is 0 Å². The van der Waals surface area contributed by atoms with E-state index >= 15 is 0 Å². The highest BCUT2D eigenvalue weighted by molar-refractivity contribution is 5.76. The fourth-order valence-corrected chi connectivity index (χ4v) is 8.80. The van der Waals surface area contributed by atoms with Crippen LogP contribution in [0.3, 0.4) is 0 Å². The Labute approximate surface area is 410 Å². The third kappa shape index (κ3) is 36.7. The molecule has 0 radical (unpaired) electrons. The van der Waals surface area contributed by atoms with Crippen LogP contribution in [0.1, 0.15) is 258 Å². The normalized spacial score (nSPS) is 19.7. The lowest BCUT2D eigenvalue weighted by molar-refractivity contribution is -0.302. The first-order chi connectivity index (χ1) is 32.7. The third-order valence-corrected chi connectivity index (χ3v) is 13.3. The molecule has 1 amide bonds. The van der Waals surface area contributed by atoms with Crippen LogP contribution in [-0.2, 0) is 23.8 Å². The summed E-state index contributed by atoms with van der Waals surface area (Å²) in [4.78, 5) is 25.1. The van der Waals surface area contributed by atoms with Crippen LogP contribution in [0, 0.1) is 0 Å². The SMILES string of the molecule is CCCCCCCCCCC/C=C/CC/C=C/C(O)C(COC1OC(CO)C(O)C(O)C1O)NC(=O)CCCCCCCCCCCCCCCOC(=O)CCCCCCCCCCCCC. The summed E-state index contributed by atoms with van der Waals surface area (Å²) in [5, 5.41) is 54.3. The van der Waals surface area contributed by atoms with Crippen LogP contribution in [0.15, 0.2) is 24.3 Å². The average molecular weight is 952 g/mol. The number of aliphatic hydroxyl groups excluding tert-OH is 5. The molecule has 7 atom stereocenters. The number of ether oxygens (including phenoxy) is 3. The summed E-state index contributed by atoms with van der Waals surface area (Å²) < 4.78 is 16.7. The Kier molecular flexibility index (Phi) is 43.8. The minimum absolute atomic E-state index is 0.0288. The van der Waals surface area contributed by atoms with Gasteiger partial charge in [-0.25, -0.2) is 0 Å². The smallest absolute Gasteiger partial charge is 0.305 e. The molecule has 1 rings (SSSR count). The minimum atomic E-state index is -1.58. The summed E-state index contributed by atoms with van der Waals surface area (Å²) >= 11 is 0. The van der Waals surface area contributed by atoms with E-state index in [1.165, 1.54) is 161 Å². The predicted octanol–water partition coefficient (Wildman–Crippen LogP) is 12.2. The van der Waals surface area contributed by atoms with Crippen molar-refractivity contribution in [1.82, 2.24) is 5.32 Å². The second-order valence-corrected chi connectivity index (χ2v) is 19.6. The number of hydrogen-bond donors (Lipinski definition) is 6. The van der Waals surface area contributed by atoms with Gasteiger partial charge in [0.05, 0.1) is 32.0 Å². The molecular weight excluding hydrogens is 847 g/mol. The molecule has 0 aromatic carbocycles. The summed E-state index contributed by atoms with van der Waals surface area (Å²) in [6.45, 7) is 4.28. The molecule has 67 heavy (non-hydrogen) atoms. The summed E-state index contributed by atoms with van der Waals surface area (Å²) in [6, 6.07) is -0.836. The monoisotopic (exact) mass is 952 g/mol. The Morgan fingerprint density at radius 2 is 0.970 bits per heavy atom. The fourth-order valence-electron chi connectivity index (χ4n) is 8.80. The van der Waals surface area contributed by atoms with Crippen LogP contribution < -0.4 is 5.32 Å². The van der Waals surface area contributed by atoms with Gasteiger partial charge in [0.15, 0.2) is 6.29 Å². The van der Waals surface area contributed by atoms with E-state index in [0.29, 0.717) is 19.4 Å². The molecule has 394 valence electrons. The predicted molar refractivity (Wildman–Crippen MR) is 274 cm³/mol. The molecule has 1 fully saturated rings. The molecule has 11 heteroatoms.